The summed E-state index contributed by atoms with van der Waals surface area (Å²) < 4.78 is 17.6. The fourth-order valence-corrected chi connectivity index (χ4v) is 5.35. The van der Waals surface area contributed by atoms with Crippen LogP contribution in [0.3, 0.4) is 0 Å². The monoisotopic (exact) mass is 668 g/mol. The number of nitrogens with zero attached hydrogens (tertiary/aromatic N) is 5. The molecule has 9 heteroatoms. The number of hydrazone groups is 1. The number of pyridine rings is 1. The molecule has 0 saturated carbocycles. The maximum absolute atomic E-state index is 11.3. The number of carbonyl (C=O) groups is 1. The number of rotatable bonds is 11. The molecule has 8 nitrogen and oxygen atoms in total. The number of fused-ring (bicyclic) bond motifs is 1. The van der Waals surface area contributed by atoms with Gasteiger partial charge in [0.2, 0.25) is 0 Å². The van der Waals surface area contributed by atoms with Gasteiger partial charge < -0.3 is 15.0 Å². The maximum atomic E-state index is 11.3. The molecule has 2 aliphatic heterocycles. The molecular weight excluding hydrogens is 615 g/mol. The number of halogens is 1. The number of anilines is 2. The number of ether oxygens (including phenoxy) is 1. The Morgan fingerprint density at radius 3 is 2.59 bits per heavy atom. The summed E-state index contributed by atoms with van der Waals surface area (Å²) in [5.41, 5.74) is 6.29. The van der Waals surface area contributed by atoms with Crippen LogP contribution in [0, 0.1) is 19.8 Å². The van der Waals surface area contributed by atoms with E-state index in [0.717, 1.165) is 90.6 Å². The van der Waals surface area contributed by atoms with Crippen molar-refractivity contribution in [2.75, 3.05) is 23.3 Å². The number of amidine groups is 1. The van der Waals surface area contributed by atoms with Gasteiger partial charge in [0, 0.05) is 50.4 Å². The minimum absolute atomic E-state index is 0.602. The number of benzene rings is 1. The van der Waals surface area contributed by atoms with Gasteiger partial charge >= 0.3 is 0 Å². The Bertz CT molecular complexity index is 1640. The average molecular weight is 669 g/mol. The van der Waals surface area contributed by atoms with Gasteiger partial charge in [0.25, 0.3) is 0 Å². The van der Waals surface area contributed by atoms with E-state index < -0.39 is 11.6 Å². The van der Waals surface area contributed by atoms with E-state index in [-0.39, 0.29) is 0 Å². The highest BCUT2D eigenvalue weighted by molar-refractivity contribution is 6.08. The van der Waals surface area contributed by atoms with Crippen LogP contribution < -0.4 is 15.0 Å². The SMILES string of the molecule is C=C(F)C(C)=O.CC=C1C=C(Oc2ccc(NC(=N/C=C/CC)c3nc4c(cc3C)CCC(C)CN4CCCC)cc2C)C=CN1/N=C\C. The highest BCUT2D eigenvalue weighted by atomic mass is 19.1. The lowest BCUT2D eigenvalue weighted by Gasteiger charge is -2.26. The van der Waals surface area contributed by atoms with Crippen molar-refractivity contribution in [1.29, 1.82) is 0 Å². The third-order valence-corrected chi connectivity index (χ3v) is 8.08. The Balaban J connectivity index is 0.000000992. The molecule has 2 aromatic rings. The van der Waals surface area contributed by atoms with Crippen molar-refractivity contribution in [3.05, 3.63) is 107 Å². The Hall–Kier alpha value is -4.79. The lowest BCUT2D eigenvalue weighted by atomic mass is 10.0. The molecule has 1 N–H and O–H groups in total. The highest BCUT2D eigenvalue weighted by Crippen LogP contribution is 2.31. The molecule has 0 saturated heterocycles. The van der Waals surface area contributed by atoms with Gasteiger partial charge in [-0.25, -0.2) is 19.4 Å². The van der Waals surface area contributed by atoms with Crippen LogP contribution in [-0.2, 0) is 11.2 Å². The second-order valence-corrected chi connectivity index (χ2v) is 12.3. The first-order chi connectivity index (χ1) is 23.5. The van der Waals surface area contributed by atoms with Crippen molar-refractivity contribution in [2.24, 2.45) is 16.0 Å². The van der Waals surface area contributed by atoms with Gasteiger partial charge in [0.15, 0.2) is 17.4 Å². The summed E-state index contributed by atoms with van der Waals surface area (Å²) >= 11 is 0. The molecule has 49 heavy (non-hydrogen) atoms. The van der Waals surface area contributed by atoms with Crippen LogP contribution in [-0.4, -0.2) is 40.9 Å². The Labute approximate surface area is 292 Å². The van der Waals surface area contributed by atoms with Crippen LogP contribution in [0.4, 0.5) is 15.9 Å². The highest BCUT2D eigenvalue weighted by Gasteiger charge is 2.23. The average Bonchev–Trinajstić information content (AvgIpc) is 3.22. The van der Waals surface area contributed by atoms with Gasteiger partial charge in [-0.1, -0.05) is 52.0 Å². The number of hydrogen-bond acceptors (Lipinski definition) is 7. The van der Waals surface area contributed by atoms with Gasteiger partial charge in [0.1, 0.15) is 23.0 Å². The van der Waals surface area contributed by atoms with Gasteiger partial charge in [0.05, 0.1) is 5.70 Å². The maximum Gasteiger partial charge on any atom is 0.187 e. The number of hydrogen-bond donors (Lipinski definition) is 1. The van der Waals surface area contributed by atoms with Crippen molar-refractivity contribution >= 4 is 29.3 Å². The van der Waals surface area contributed by atoms with Crippen LogP contribution in [0.2, 0.25) is 0 Å². The van der Waals surface area contributed by atoms with E-state index in [1.807, 2.05) is 61.6 Å². The molecule has 2 aliphatic rings. The van der Waals surface area contributed by atoms with Gasteiger partial charge in [-0.3, -0.25) is 4.79 Å². The molecule has 1 aromatic heterocycles. The second kappa shape index (κ2) is 19.3. The van der Waals surface area contributed by atoms with Crippen molar-refractivity contribution < 1.29 is 13.9 Å². The fraction of sp³-hybridized carbons (Fsp3) is 0.400. The quantitative estimate of drug-likeness (QED) is 0.146. The van der Waals surface area contributed by atoms with Gasteiger partial charge in [-0.15, -0.1) is 0 Å². The van der Waals surface area contributed by atoms with Gasteiger partial charge in [-0.2, -0.15) is 5.10 Å². The van der Waals surface area contributed by atoms with E-state index in [1.54, 1.807) is 6.21 Å². The molecule has 0 spiro atoms. The van der Waals surface area contributed by atoms with Crippen LogP contribution in [0.25, 0.3) is 0 Å². The molecule has 262 valence electrons. The lowest BCUT2D eigenvalue weighted by Crippen LogP contribution is -2.30. The molecule has 1 aromatic carbocycles. The smallest absolute Gasteiger partial charge is 0.187 e. The van der Waals surface area contributed by atoms with E-state index >= 15 is 0 Å². The predicted molar refractivity (Wildman–Crippen MR) is 203 cm³/mol. The van der Waals surface area contributed by atoms with Crippen LogP contribution >= 0.6 is 0 Å². The normalized spacial score (nSPS) is 17.1. The lowest BCUT2D eigenvalue weighted by molar-refractivity contribution is -0.114. The summed E-state index contributed by atoms with van der Waals surface area (Å²) in [4.78, 5) is 22.3. The number of aryl methyl sites for hydroxylation is 3. The van der Waals surface area contributed by atoms with Crippen molar-refractivity contribution in [1.82, 2.24) is 9.99 Å². The Morgan fingerprint density at radius 1 is 1.20 bits per heavy atom. The molecule has 0 radical (unpaired) electrons. The first kappa shape index (κ1) is 38.7. The minimum atomic E-state index is -0.880. The predicted octanol–water partition coefficient (Wildman–Crippen LogP) is 9.73. The van der Waals surface area contributed by atoms with Gasteiger partial charge in [-0.05, 0) is 100 Å². The van der Waals surface area contributed by atoms with Crippen molar-refractivity contribution in [3.8, 4) is 5.75 Å². The zero-order chi connectivity index (χ0) is 35.9. The number of aliphatic imine (C=N–C) groups is 1. The topological polar surface area (TPSA) is 82.4 Å². The molecule has 0 fully saturated rings. The molecular formula is C40H53FN6O2. The zero-order valence-corrected chi connectivity index (χ0v) is 30.5. The number of carbonyl (C=O) groups excluding carboxylic acids is 1. The standard InChI is InChI=1S/C36H48N6O.C4H5FO/c1-8-12-19-37-35(34-28(7)22-29-15-14-26(5)25-41(20-13-9-2)36(29)40-34)39-30-16-17-33(27(6)23-30)43-32-18-21-42(38-11-4)31(10-3)24-32;1-3(5)4(2)6/h10-12,16-19,21-24,26H,8-9,13-15,20,25H2,1-7H3,(H,37,39);1H2,2H3/b19-12+,31-10?,38-11-;. The fourth-order valence-electron chi connectivity index (χ4n) is 5.35. The number of unbranched alkanes of at least 4 members (excludes halogenated alkanes) is 1. The summed E-state index contributed by atoms with van der Waals surface area (Å²) in [7, 11) is 0. The number of Topliss-reactive ketones (excluding diaryl/α,β-unsaturated/α-hetero) is 1. The summed E-state index contributed by atoms with van der Waals surface area (Å²) in [5, 5.41) is 9.78. The number of ketones is 1. The number of aromatic nitrogens is 1. The minimum Gasteiger partial charge on any atom is -0.457 e. The number of allylic oxidation sites excluding steroid dienone is 5. The molecule has 1 unspecified atom stereocenters. The van der Waals surface area contributed by atoms with E-state index in [1.165, 1.54) is 18.4 Å². The van der Waals surface area contributed by atoms with Crippen LogP contribution in [0.15, 0.2) is 94.9 Å². The van der Waals surface area contributed by atoms with E-state index in [0.29, 0.717) is 5.92 Å². The second-order valence-electron chi connectivity index (χ2n) is 12.3. The molecule has 3 heterocycles. The Kier molecular flexibility index (Phi) is 15.2. The molecule has 1 atom stereocenters. The van der Waals surface area contributed by atoms with Crippen LogP contribution in [0.1, 0.15) is 89.6 Å². The third kappa shape index (κ3) is 11.4. The Morgan fingerprint density at radius 2 is 1.96 bits per heavy atom. The summed E-state index contributed by atoms with van der Waals surface area (Å²) in [6.07, 6.45) is 19.0. The summed E-state index contributed by atoms with van der Waals surface area (Å²) in [6.45, 7) is 20.8. The molecule has 4 rings (SSSR count). The molecule has 0 aliphatic carbocycles. The zero-order valence-electron chi connectivity index (χ0n) is 30.5. The van der Waals surface area contributed by atoms with E-state index in [4.69, 9.17) is 14.7 Å². The first-order valence-electron chi connectivity index (χ1n) is 17.2. The molecule has 0 bridgehead atoms. The summed E-state index contributed by atoms with van der Waals surface area (Å²) in [6, 6.07) is 8.46. The third-order valence-electron chi connectivity index (χ3n) is 8.08. The number of nitrogens with one attached hydrogen (secondary N) is 1. The van der Waals surface area contributed by atoms with Crippen molar-refractivity contribution in [2.45, 2.75) is 87.5 Å². The largest absolute Gasteiger partial charge is 0.457 e. The van der Waals surface area contributed by atoms with Crippen LogP contribution in [0.5, 0.6) is 5.75 Å². The van der Waals surface area contributed by atoms with E-state index in [9.17, 15) is 9.18 Å². The summed E-state index contributed by atoms with van der Waals surface area (Å²) in [5.74, 6) is 2.59. The van der Waals surface area contributed by atoms with Crippen molar-refractivity contribution in [3.63, 3.8) is 0 Å². The first-order valence-corrected chi connectivity index (χ1v) is 17.2. The van der Waals surface area contributed by atoms with E-state index in [2.05, 4.69) is 74.7 Å². The molecule has 0 amide bonds.